The first kappa shape index (κ1) is 13.5. The van der Waals surface area contributed by atoms with Crippen LogP contribution in [0.5, 0.6) is 0 Å². The van der Waals surface area contributed by atoms with Crippen molar-refractivity contribution >= 4 is 5.78 Å². The van der Waals surface area contributed by atoms with E-state index in [1.807, 2.05) is 0 Å². The van der Waals surface area contributed by atoms with Crippen molar-refractivity contribution in [2.24, 2.45) is 0 Å². The maximum atomic E-state index is 13.5. The summed E-state index contributed by atoms with van der Waals surface area (Å²) in [6.45, 7) is 0.714. The van der Waals surface area contributed by atoms with Crippen LogP contribution in [0.25, 0.3) is 0 Å². The fraction of sp³-hybridized carbons (Fsp3) is 0.188. The minimum absolute atomic E-state index is 0.0254. The maximum absolute atomic E-state index is 13.5. The number of benzene rings is 1. The van der Waals surface area contributed by atoms with Crippen LogP contribution in [0.4, 0.5) is 13.2 Å². The number of halogens is 3. The number of Topliss-reactive ketones (excluding diaryl/α,β-unsaturated/α-hetero) is 1. The molecule has 0 saturated carbocycles. The van der Waals surface area contributed by atoms with Crippen LogP contribution in [-0.2, 0) is 6.54 Å². The van der Waals surface area contributed by atoms with Gasteiger partial charge in [0.1, 0.15) is 5.82 Å². The van der Waals surface area contributed by atoms with E-state index in [4.69, 9.17) is 0 Å². The smallest absolute Gasteiger partial charge is 0.179 e. The standard InChI is InChI=1S/C16H10F3NO/c17-12-5-6-13(18)16(19)11(12)4-3-10-8-14-15(21)2-1-7-20(14)9-10/h5-6,8-9H,1-2,7H2. The Morgan fingerprint density at radius 1 is 1.10 bits per heavy atom. The van der Waals surface area contributed by atoms with E-state index in [-0.39, 0.29) is 5.78 Å². The molecule has 5 heteroatoms. The van der Waals surface area contributed by atoms with Gasteiger partial charge in [-0.2, -0.15) is 0 Å². The van der Waals surface area contributed by atoms with E-state index in [0.29, 0.717) is 30.3 Å². The Balaban J connectivity index is 1.99. The van der Waals surface area contributed by atoms with Crippen LogP contribution in [0.2, 0.25) is 0 Å². The summed E-state index contributed by atoms with van der Waals surface area (Å²) < 4.78 is 41.8. The van der Waals surface area contributed by atoms with Gasteiger partial charge in [0.15, 0.2) is 17.4 Å². The van der Waals surface area contributed by atoms with Gasteiger partial charge in [-0.25, -0.2) is 13.2 Å². The van der Waals surface area contributed by atoms with Crippen molar-refractivity contribution in [3.63, 3.8) is 0 Å². The molecule has 0 aliphatic carbocycles. The zero-order chi connectivity index (χ0) is 15.0. The van der Waals surface area contributed by atoms with Crippen molar-refractivity contribution in [2.45, 2.75) is 19.4 Å². The molecule has 0 N–H and O–H groups in total. The van der Waals surface area contributed by atoms with E-state index < -0.39 is 23.0 Å². The molecule has 2 nitrogen and oxygen atoms in total. The molecule has 2 heterocycles. The van der Waals surface area contributed by atoms with Gasteiger partial charge >= 0.3 is 0 Å². The molecule has 0 radical (unpaired) electrons. The molecule has 0 fully saturated rings. The SMILES string of the molecule is O=C1CCCn2cc(C#Cc3c(F)ccc(F)c3F)cc21. The maximum Gasteiger partial charge on any atom is 0.179 e. The van der Waals surface area contributed by atoms with Crippen molar-refractivity contribution in [1.82, 2.24) is 4.57 Å². The first-order valence-electron chi connectivity index (χ1n) is 6.45. The van der Waals surface area contributed by atoms with Crippen LogP contribution < -0.4 is 0 Å². The monoisotopic (exact) mass is 289 g/mol. The molecule has 0 saturated heterocycles. The van der Waals surface area contributed by atoms with Gasteiger partial charge in [0.05, 0.1) is 11.3 Å². The second-order valence-corrected chi connectivity index (χ2v) is 4.80. The number of rotatable bonds is 0. The van der Waals surface area contributed by atoms with E-state index in [9.17, 15) is 18.0 Å². The Bertz CT molecular complexity index is 796. The molecule has 0 atom stereocenters. The average molecular weight is 289 g/mol. The van der Waals surface area contributed by atoms with Crippen LogP contribution in [0.3, 0.4) is 0 Å². The highest BCUT2D eigenvalue weighted by molar-refractivity contribution is 5.95. The predicted octanol–water partition coefficient (Wildman–Crippen LogP) is 3.28. The number of hydrogen-bond donors (Lipinski definition) is 0. The molecule has 2 aromatic rings. The second-order valence-electron chi connectivity index (χ2n) is 4.80. The van der Waals surface area contributed by atoms with Gasteiger partial charge in [0, 0.05) is 24.7 Å². The third-order valence-electron chi connectivity index (χ3n) is 3.36. The van der Waals surface area contributed by atoms with Gasteiger partial charge < -0.3 is 4.57 Å². The van der Waals surface area contributed by atoms with Crippen LogP contribution in [0.15, 0.2) is 24.4 Å². The fourth-order valence-corrected chi connectivity index (χ4v) is 2.31. The number of fused-ring (bicyclic) bond motifs is 1. The zero-order valence-electron chi connectivity index (χ0n) is 10.9. The quantitative estimate of drug-likeness (QED) is 0.539. The molecule has 1 aliphatic heterocycles. The third kappa shape index (κ3) is 2.45. The van der Waals surface area contributed by atoms with E-state index in [1.54, 1.807) is 16.8 Å². The van der Waals surface area contributed by atoms with Crippen LogP contribution in [0.1, 0.15) is 34.5 Å². The average Bonchev–Trinajstić information content (AvgIpc) is 2.88. The van der Waals surface area contributed by atoms with Crippen molar-refractivity contribution in [3.8, 4) is 11.8 Å². The summed E-state index contributed by atoms with van der Waals surface area (Å²) in [6, 6.07) is 3.13. The molecule has 1 aromatic heterocycles. The van der Waals surface area contributed by atoms with Crippen molar-refractivity contribution in [1.29, 1.82) is 0 Å². The molecule has 1 aliphatic rings. The summed E-state index contributed by atoms with van der Waals surface area (Å²) in [4.78, 5) is 11.7. The molecule has 0 amide bonds. The molecule has 0 spiro atoms. The van der Waals surface area contributed by atoms with Gasteiger partial charge in [-0.1, -0.05) is 11.8 Å². The van der Waals surface area contributed by atoms with Gasteiger partial charge in [-0.05, 0) is 24.6 Å². The first-order chi connectivity index (χ1) is 10.1. The van der Waals surface area contributed by atoms with Crippen molar-refractivity contribution < 1.29 is 18.0 Å². The predicted molar refractivity (Wildman–Crippen MR) is 70.3 cm³/mol. The lowest BCUT2D eigenvalue weighted by Crippen LogP contribution is -2.14. The Kier molecular flexibility index (Phi) is 3.30. The highest BCUT2D eigenvalue weighted by atomic mass is 19.2. The number of carbonyl (C=O) groups is 1. The van der Waals surface area contributed by atoms with Crippen LogP contribution >= 0.6 is 0 Å². The third-order valence-corrected chi connectivity index (χ3v) is 3.36. The highest BCUT2D eigenvalue weighted by Gasteiger charge is 2.17. The molecule has 0 unspecified atom stereocenters. The summed E-state index contributed by atoms with van der Waals surface area (Å²) in [7, 11) is 0. The minimum Gasteiger partial charge on any atom is -0.344 e. The Morgan fingerprint density at radius 3 is 2.62 bits per heavy atom. The van der Waals surface area contributed by atoms with Crippen molar-refractivity contribution in [3.05, 3.63) is 58.7 Å². The number of hydrogen-bond acceptors (Lipinski definition) is 1. The lowest BCUT2D eigenvalue weighted by Gasteiger charge is -2.12. The molecular weight excluding hydrogens is 279 g/mol. The van der Waals surface area contributed by atoms with Gasteiger partial charge in [0.25, 0.3) is 0 Å². The van der Waals surface area contributed by atoms with E-state index in [2.05, 4.69) is 11.8 Å². The van der Waals surface area contributed by atoms with E-state index in [0.717, 1.165) is 12.5 Å². The summed E-state index contributed by atoms with van der Waals surface area (Å²) >= 11 is 0. The fourth-order valence-electron chi connectivity index (χ4n) is 2.31. The Labute approximate surface area is 119 Å². The van der Waals surface area contributed by atoms with Gasteiger partial charge in [0.2, 0.25) is 0 Å². The number of aromatic nitrogens is 1. The highest BCUT2D eigenvalue weighted by Crippen LogP contribution is 2.18. The number of aryl methyl sites for hydroxylation is 1. The second kappa shape index (κ2) is 5.13. The summed E-state index contributed by atoms with van der Waals surface area (Å²) in [5.41, 5.74) is 0.416. The lowest BCUT2D eigenvalue weighted by molar-refractivity contribution is 0.0955. The molecule has 0 bridgehead atoms. The van der Waals surface area contributed by atoms with Crippen LogP contribution in [0, 0.1) is 29.3 Å². The molecule has 1 aromatic carbocycles. The summed E-state index contributed by atoms with van der Waals surface area (Å²) in [5, 5.41) is 0. The Hall–Kier alpha value is -2.48. The molecule has 21 heavy (non-hydrogen) atoms. The van der Waals surface area contributed by atoms with E-state index >= 15 is 0 Å². The van der Waals surface area contributed by atoms with Crippen molar-refractivity contribution in [2.75, 3.05) is 0 Å². The topological polar surface area (TPSA) is 22.0 Å². The minimum atomic E-state index is -1.30. The summed E-state index contributed by atoms with van der Waals surface area (Å²) in [6.07, 6.45) is 2.92. The van der Waals surface area contributed by atoms with E-state index in [1.165, 1.54) is 0 Å². The molecule has 106 valence electrons. The number of nitrogens with zero attached hydrogens (tertiary/aromatic N) is 1. The first-order valence-corrected chi connectivity index (χ1v) is 6.45. The molecule has 3 rings (SSSR count). The van der Waals surface area contributed by atoms with Gasteiger partial charge in [-0.15, -0.1) is 0 Å². The lowest BCUT2D eigenvalue weighted by atomic mass is 10.1. The normalized spacial score (nSPS) is 13.6. The molecular formula is C16H10F3NO. The summed E-state index contributed by atoms with van der Waals surface area (Å²) in [5.74, 6) is 1.54. The zero-order valence-corrected chi connectivity index (χ0v) is 10.9. The number of carbonyl (C=O) groups excluding carboxylic acids is 1. The van der Waals surface area contributed by atoms with Gasteiger partial charge in [-0.3, -0.25) is 4.79 Å². The Morgan fingerprint density at radius 2 is 1.86 bits per heavy atom. The number of ketones is 1. The van der Waals surface area contributed by atoms with Crippen LogP contribution in [-0.4, -0.2) is 10.4 Å². The largest absolute Gasteiger partial charge is 0.344 e.